The molecule has 1 amide bonds. The van der Waals surface area contributed by atoms with Crippen LogP contribution >= 0.6 is 11.6 Å². The lowest BCUT2D eigenvalue weighted by atomic mass is 10.0. The molecule has 1 N–H and O–H groups in total. The van der Waals surface area contributed by atoms with E-state index >= 15 is 0 Å². The van der Waals surface area contributed by atoms with E-state index in [4.69, 9.17) is 11.6 Å². The lowest BCUT2D eigenvalue weighted by Gasteiger charge is -2.06. The maximum atomic E-state index is 11.9. The van der Waals surface area contributed by atoms with Gasteiger partial charge >= 0.3 is 0 Å². The van der Waals surface area contributed by atoms with E-state index in [9.17, 15) is 4.79 Å². The van der Waals surface area contributed by atoms with Crippen molar-refractivity contribution >= 4 is 23.7 Å². The molecule has 0 saturated carbocycles. The van der Waals surface area contributed by atoms with Gasteiger partial charge in [0, 0.05) is 12.1 Å². The fraction of sp³-hybridized carbons (Fsp3) is 0.125. The summed E-state index contributed by atoms with van der Waals surface area (Å²) in [6, 6.07) is 16.8. The molecule has 0 heterocycles. The molecule has 0 saturated heterocycles. The highest BCUT2D eigenvalue weighted by atomic mass is 35.5. The van der Waals surface area contributed by atoms with Gasteiger partial charge in [-0.25, -0.2) is 5.43 Å². The molecule has 0 spiro atoms. The first-order valence-electron chi connectivity index (χ1n) is 6.31. The zero-order valence-electron chi connectivity index (χ0n) is 11.1. The third-order valence-corrected chi connectivity index (χ3v) is 3.24. The van der Waals surface area contributed by atoms with Gasteiger partial charge in [-0.2, -0.15) is 5.10 Å². The number of hydrogen-bond donors (Lipinski definition) is 1. The normalized spacial score (nSPS) is 12.3. The van der Waals surface area contributed by atoms with Crippen molar-refractivity contribution in [1.29, 1.82) is 0 Å². The minimum absolute atomic E-state index is 0.128. The standard InChI is InChI=1S/C16H15ClN2O/c1-12(13-7-3-2-4-8-13)11-18-19-16(20)14-9-5-6-10-15(14)17/h2-12H,1H3,(H,19,20)/b18-11-/t12-/m1/s1. The summed E-state index contributed by atoms with van der Waals surface area (Å²) in [7, 11) is 0. The lowest BCUT2D eigenvalue weighted by Crippen LogP contribution is -2.18. The summed E-state index contributed by atoms with van der Waals surface area (Å²) >= 11 is 5.94. The second-order valence-corrected chi connectivity index (χ2v) is 4.81. The Morgan fingerprint density at radius 2 is 1.80 bits per heavy atom. The first-order valence-corrected chi connectivity index (χ1v) is 6.69. The van der Waals surface area contributed by atoms with Gasteiger partial charge in [0.25, 0.3) is 5.91 Å². The summed E-state index contributed by atoms with van der Waals surface area (Å²) in [6.45, 7) is 2.01. The fourth-order valence-electron chi connectivity index (χ4n) is 1.76. The van der Waals surface area contributed by atoms with Crippen molar-refractivity contribution < 1.29 is 4.79 Å². The van der Waals surface area contributed by atoms with Crippen LogP contribution in [-0.2, 0) is 0 Å². The number of carbonyl (C=O) groups excluding carboxylic acids is 1. The quantitative estimate of drug-likeness (QED) is 0.673. The molecule has 0 aliphatic rings. The molecular formula is C16H15ClN2O. The number of hydrogen-bond acceptors (Lipinski definition) is 2. The van der Waals surface area contributed by atoms with Crippen LogP contribution < -0.4 is 5.43 Å². The molecule has 0 aromatic heterocycles. The van der Waals surface area contributed by atoms with E-state index in [-0.39, 0.29) is 11.8 Å². The van der Waals surface area contributed by atoms with E-state index in [1.807, 2.05) is 37.3 Å². The molecule has 1 atom stereocenters. The van der Waals surface area contributed by atoms with Crippen LogP contribution in [-0.4, -0.2) is 12.1 Å². The van der Waals surface area contributed by atoms with Crippen molar-refractivity contribution in [2.45, 2.75) is 12.8 Å². The molecule has 102 valence electrons. The molecule has 0 radical (unpaired) electrons. The number of amides is 1. The van der Waals surface area contributed by atoms with Crippen molar-refractivity contribution in [3.63, 3.8) is 0 Å². The van der Waals surface area contributed by atoms with Crippen LogP contribution in [0.5, 0.6) is 0 Å². The molecule has 0 bridgehead atoms. The Labute approximate surface area is 123 Å². The third kappa shape index (κ3) is 3.68. The minimum Gasteiger partial charge on any atom is -0.267 e. The second kappa shape index (κ2) is 6.87. The van der Waals surface area contributed by atoms with Crippen molar-refractivity contribution in [3.05, 3.63) is 70.7 Å². The number of nitrogens with one attached hydrogen (secondary N) is 1. The third-order valence-electron chi connectivity index (χ3n) is 2.91. The van der Waals surface area contributed by atoms with E-state index in [2.05, 4.69) is 10.5 Å². The van der Waals surface area contributed by atoms with Crippen molar-refractivity contribution in [2.75, 3.05) is 0 Å². The van der Waals surface area contributed by atoms with Crippen molar-refractivity contribution in [3.8, 4) is 0 Å². The average molecular weight is 287 g/mol. The highest BCUT2D eigenvalue weighted by Crippen LogP contribution is 2.14. The highest BCUT2D eigenvalue weighted by Gasteiger charge is 2.08. The highest BCUT2D eigenvalue weighted by molar-refractivity contribution is 6.33. The maximum absolute atomic E-state index is 11.9. The van der Waals surface area contributed by atoms with Gasteiger partial charge < -0.3 is 0 Å². The fourth-order valence-corrected chi connectivity index (χ4v) is 1.98. The van der Waals surface area contributed by atoms with Gasteiger partial charge in [0.2, 0.25) is 0 Å². The van der Waals surface area contributed by atoms with Gasteiger partial charge in [0.1, 0.15) is 0 Å². The maximum Gasteiger partial charge on any atom is 0.272 e. The summed E-state index contributed by atoms with van der Waals surface area (Å²) in [6.07, 6.45) is 1.70. The number of carbonyl (C=O) groups is 1. The van der Waals surface area contributed by atoms with Gasteiger partial charge in [-0.15, -0.1) is 0 Å². The van der Waals surface area contributed by atoms with Gasteiger partial charge in [0.05, 0.1) is 10.6 Å². The van der Waals surface area contributed by atoms with E-state index in [1.54, 1.807) is 30.5 Å². The minimum atomic E-state index is -0.313. The second-order valence-electron chi connectivity index (χ2n) is 4.40. The Hall–Kier alpha value is -2.13. The topological polar surface area (TPSA) is 41.5 Å². The Bertz CT molecular complexity index is 611. The zero-order valence-corrected chi connectivity index (χ0v) is 11.8. The number of rotatable bonds is 4. The molecular weight excluding hydrogens is 272 g/mol. The summed E-state index contributed by atoms with van der Waals surface area (Å²) in [4.78, 5) is 11.9. The summed E-state index contributed by atoms with van der Waals surface area (Å²) < 4.78 is 0. The predicted molar refractivity (Wildman–Crippen MR) is 82.3 cm³/mol. The van der Waals surface area contributed by atoms with Gasteiger partial charge in [0.15, 0.2) is 0 Å². The molecule has 0 aliphatic heterocycles. The van der Waals surface area contributed by atoms with E-state index < -0.39 is 0 Å². The molecule has 0 aliphatic carbocycles. The van der Waals surface area contributed by atoms with Gasteiger partial charge in [-0.1, -0.05) is 61.0 Å². The van der Waals surface area contributed by atoms with E-state index in [0.29, 0.717) is 10.6 Å². The van der Waals surface area contributed by atoms with E-state index in [1.165, 1.54) is 0 Å². The lowest BCUT2D eigenvalue weighted by molar-refractivity contribution is 0.0955. The van der Waals surface area contributed by atoms with Crippen LogP contribution in [0, 0.1) is 0 Å². The zero-order chi connectivity index (χ0) is 14.4. The molecule has 2 rings (SSSR count). The average Bonchev–Trinajstić information content (AvgIpc) is 2.48. The summed E-state index contributed by atoms with van der Waals surface area (Å²) in [5.41, 5.74) is 4.04. The van der Waals surface area contributed by atoms with Crippen LogP contribution in [0.2, 0.25) is 5.02 Å². The smallest absolute Gasteiger partial charge is 0.267 e. The number of nitrogens with zero attached hydrogens (tertiary/aromatic N) is 1. The van der Waals surface area contributed by atoms with Crippen LogP contribution in [0.4, 0.5) is 0 Å². The first-order chi connectivity index (χ1) is 9.68. The summed E-state index contributed by atoms with van der Waals surface area (Å²) in [5, 5.41) is 4.40. The van der Waals surface area contributed by atoms with Gasteiger partial charge in [-0.3, -0.25) is 4.79 Å². The Kier molecular flexibility index (Phi) is 4.91. The van der Waals surface area contributed by atoms with Crippen LogP contribution in [0.15, 0.2) is 59.7 Å². The monoisotopic (exact) mass is 286 g/mol. The largest absolute Gasteiger partial charge is 0.272 e. The molecule has 0 fully saturated rings. The van der Waals surface area contributed by atoms with Crippen LogP contribution in [0.3, 0.4) is 0 Å². The van der Waals surface area contributed by atoms with E-state index in [0.717, 1.165) is 5.56 Å². The van der Waals surface area contributed by atoms with Crippen LogP contribution in [0.25, 0.3) is 0 Å². The Morgan fingerprint density at radius 1 is 1.15 bits per heavy atom. The Morgan fingerprint density at radius 3 is 2.50 bits per heavy atom. The Balaban J connectivity index is 1.97. The van der Waals surface area contributed by atoms with Crippen molar-refractivity contribution in [2.24, 2.45) is 5.10 Å². The molecule has 20 heavy (non-hydrogen) atoms. The molecule has 3 nitrogen and oxygen atoms in total. The molecule has 4 heteroatoms. The van der Waals surface area contributed by atoms with Crippen molar-refractivity contribution in [1.82, 2.24) is 5.43 Å². The predicted octanol–water partition coefficient (Wildman–Crippen LogP) is 3.86. The molecule has 2 aromatic carbocycles. The SMILES string of the molecule is C[C@H](/C=N\NC(=O)c1ccccc1Cl)c1ccccc1. The number of hydrazone groups is 1. The number of benzene rings is 2. The number of halogens is 1. The van der Waals surface area contributed by atoms with Crippen LogP contribution in [0.1, 0.15) is 28.8 Å². The molecule has 2 aromatic rings. The first kappa shape index (κ1) is 14.3. The summed E-state index contributed by atoms with van der Waals surface area (Å²) in [5.74, 6) is -0.185. The van der Waals surface area contributed by atoms with Gasteiger partial charge in [-0.05, 0) is 17.7 Å². The molecule has 0 unspecified atom stereocenters.